The van der Waals surface area contributed by atoms with E-state index in [2.05, 4.69) is 5.32 Å². The average Bonchev–Trinajstić information content (AvgIpc) is 3.30. The van der Waals surface area contributed by atoms with E-state index in [1.54, 1.807) is 48.2 Å². The molecule has 4 rings (SSSR count). The highest BCUT2D eigenvalue weighted by Crippen LogP contribution is 2.33. The van der Waals surface area contributed by atoms with E-state index in [9.17, 15) is 18.8 Å². The first-order valence-corrected chi connectivity index (χ1v) is 10.3. The molecule has 0 bridgehead atoms. The lowest BCUT2D eigenvalue weighted by Crippen LogP contribution is -2.26. The Kier molecular flexibility index (Phi) is 5.50. The van der Waals surface area contributed by atoms with Crippen molar-refractivity contribution in [2.24, 2.45) is 0 Å². The Labute approximate surface area is 176 Å². The topological polar surface area (TPSA) is 75.7 Å². The Balaban J connectivity index is 1.44. The molecule has 1 aliphatic heterocycles. The van der Waals surface area contributed by atoms with Gasteiger partial charge in [0.25, 0.3) is 5.91 Å². The molecule has 1 aliphatic rings. The number of rotatable bonds is 5. The maximum Gasteiger partial charge on any atom is 0.349 e. The molecule has 154 valence electrons. The molecule has 1 aromatic heterocycles. The molecule has 2 amide bonds. The van der Waals surface area contributed by atoms with Gasteiger partial charge in [-0.05, 0) is 43.2 Å². The van der Waals surface area contributed by atoms with E-state index in [0.717, 1.165) is 17.8 Å². The fourth-order valence-electron chi connectivity index (χ4n) is 3.55. The van der Waals surface area contributed by atoms with Crippen molar-refractivity contribution in [1.82, 2.24) is 0 Å². The summed E-state index contributed by atoms with van der Waals surface area (Å²) in [5, 5.41) is 3.09. The number of nitrogens with one attached hydrogen (secondary N) is 1. The lowest BCUT2D eigenvalue weighted by Gasteiger charge is -2.19. The van der Waals surface area contributed by atoms with Gasteiger partial charge in [-0.1, -0.05) is 18.2 Å². The standard InChI is InChI=1S/C22H19FN2O4S/c1-13-20-14(23)6-4-9-17(20)30-21(13)22(28)29-12-18(26)24-15-7-2-3-8-16(15)25-11-5-10-19(25)27/h2-4,6-9H,5,10-12H2,1H3,(H,24,26). The van der Waals surface area contributed by atoms with Gasteiger partial charge in [0, 0.05) is 23.1 Å². The summed E-state index contributed by atoms with van der Waals surface area (Å²) >= 11 is 1.13. The van der Waals surface area contributed by atoms with Gasteiger partial charge in [-0.25, -0.2) is 9.18 Å². The summed E-state index contributed by atoms with van der Waals surface area (Å²) in [6.45, 7) is 1.77. The van der Waals surface area contributed by atoms with E-state index >= 15 is 0 Å². The summed E-state index contributed by atoms with van der Waals surface area (Å²) in [6.07, 6.45) is 1.25. The van der Waals surface area contributed by atoms with E-state index in [0.29, 0.717) is 40.0 Å². The third kappa shape index (κ3) is 3.78. The van der Waals surface area contributed by atoms with Crippen molar-refractivity contribution in [2.45, 2.75) is 19.8 Å². The minimum atomic E-state index is -0.675. The van der Waals surface area contributed by atoms with Gasteiger partial charge >= 0.3 is 5.97 Å². The largest absolute Gasteiger partial charge is 0.451 e. The third-order valence-electron chi connectivity index (χ3n) is 4.97. The maximum absolute atomic E-state index is 14.0. The SMILES string of the molecule is Cc1c(C(=O)OCC(=O)Nc2ccccc2N2CCCC2=O)sc2cccc(F)c12. The minimum Gasteiger partial charge on any atom is -0.451 e. The molecular formula is C22H19FN2O4S. The predicted molar refractivity (Wildman–Crippen MR) is 113 cm³/mol. The molecule has 0 atom stereocenters. The van der Waals surface area contributed by atoms with E-state index < -0.39 is 24.3 Å². The lowest BCUT2D eigenvalue weighted by molar-refractivity contribution is -0.119. The number of hydrogen-bond acceptors (Lipinski definition) is 5. The molecule has 1 fully saturated rings. The number of benzene rings is 2. The van der Waals surface area contributed by atoms with Crippen LogP contribution in [0.1, 0.15) is 28.1 Å². The molecule has 0 saturated carbocycles. The fourth-order valence-corrected chi connectivity index (χ4v) is 4.67. The van der Waals surface area contributed by atoms with E-state index in [1.165, 1.54) is 6.07 Å². The second kappa shape index (κ2) is 8.23. The number of aryl methyl sites for hydroxylation is 1. The van der Waals surface area contributed by atoms with Gasteiger partial charge in [0.2, 0.25) is 5.91 Å². The summed E-state index contributed by atoms with van der Waals surface area (Å²) in [7, 11) is 0. The smallest absolute Gasteiger partial charge is 0.349 e. The highest BCUT2D eigenvalue weighted by atomic mass is 32.1. The normalized spacial score (nSPS) is 13.7. The molecule has 8 heteroatoms. The monoisotopic (exact) mass is 426 g/mol. The average molecular weight is 426 g/mol. The van der Waals surface area contributed by atoms with Crippen molar-refractivity contribution in [1.29, 1.82) is 0 Å². The van der Waals surface area contributed by atoms with Crippen LogP contribution in [0.25, 0.3) is 10.1 Å². The van der Waals surface area contributed by atoms with Crippen molar-refractivity contribution in [3.05, 3.63) is 58.7 Å². The molecule has 0 unspecified atom stereocenters. The molecule has 6 nitrogen and oxygen atoms in total. The number of halogens is 1. The summed E-state index contributed by atoms with van der Waals surface area (Å²) in [4.78, 5) is 38.8. The molecule has 30 heavy (non-hydrogen) atoms. The number of esters is 1. The number of carbonyl (C=O) groups excluding carboxylic acids is 3. The van der Waals surface area contributed by atoms with Gasteiger partial charge in [-0.2, -0.15) is 0 Å². The number of para-hydroxylation sites is 2. The number of thiophene rings is 1. The second-order valence-electron chi connectivity index (χ2n) is 6.96. The molecular weight excluding hydrogens is 407 g/mol. The van der Waals surface area contributed by atoms with Gasteiger partial charge in [-0.3, -0.25) is 9.59 Å². The molecule has 1 N–H and O–H groups in total. The zero-order chi connectivity index (χ0) is 21.3. The molecule has 2 heterocycles. The van der Waals surface area contributed by atoms with Crippen LogP contribution in [0.5, 0.6) is 0 Å². The van der Waals surface area contributed by atoms with Crippen molar-refractivity contribution < 1.29 is 23.5 Å². The summed E-state index contributed by atoms with van der Waals surface area (Å²) < 4.78 is 19.8. The fraction of sp³-hybridized carbons (Fsp3) is 0.227. The Morgan fingerprint density at radius 3 is 2.73 bits per heavy atom. The number of carbonyl (C=O) groups is 3. The van der Waals surface area contributed by atoms with Crippen molar-refractivity contribution in [3.8, 4) is 0 Å². The predicted octanol–water partition coefficient (Wildman–Crippen LogP) is 4.27. The Bertz CT molecular complexity index is 1160. The maximum atomic E-state index is 14.0. The van der Waals surface area contributed by atoms with E-state index in [-0.39, 0.29) is 10.8 Å². The first-order valence-electron chi connectivity index (χ1n) is 9.49. The minimum absolute atomic E-state index is 0.00981. The number of fused-ring (bicyclic) bond motifs is 1. The Morgan fingerprint density at radius 1 is 1.20 bits per heavy atom. The van der Waals surface area contributed by atoms with Crippen LogP contribution in [0, 0.1) is 12.7 Å². The van der Waals surface area contributed by atoms with Gasteiger partial charge in [-0.15, -0.1) is 11.3 Å². The third-order valence-corrected chi connectivity index (χ3v) is 6.20. The first-order chi connectivity index (χ1) is 14.5. The van der Waals surface area contributed by atoms with Crippen molar-refractivity contribution in [2.75, 3.05) is 23.4 Å². The highest BCUT2D eigenvalue weighted by molar-refractivity contribution is 7.21. The molecule has 2 aromatic carbocycles. The van der Waals surface area contributed by atoms with Crippen LogP contribution in [0.15, 0.2) is 42.5 Å². The molecule has 0 spiro atoms. The number of nitrogens with zero attached hydrogens (tertiary/aromatic N) is 1. The van der Waals surface area contributed by atoms with E-state index in [4.69, 9.17) is 4.74 Å². The molecule has 0 aliphatic carbocycles. The van der Waals surface area contributed by atoms with Crippen LogP contribution < -0.4 is 10.2 Å². The Morgan fingerprint density at radius 2 is 2.00 bits per heavy atom. The van der Waals surface area contributed by atoms with Gasteiger partial charge in [0.15, 0.2) is 6.61 Å². The molecule has 3 aromatic rings. The van der Waals surface area contributed by atoms with Crippen LogP contribution in [0.4, 0.5) is 15.8 Å². The van der Waals surface area contributed by atoms with Crippen molar-refractivity contribution in [3.63, 3.8) is 0 Å². The van der Waals surface area contributed by atoms with Crippen LogP contribution >= 0.6 is 11.3 Å². The van der Waals surface area contributed by atoms with Gasteiger partial charge in [0.1, 0.15) is 10.7 Å². The zero-order valence-corrected chi connectivity index (χ0v) is 17.1. The van der Waals surface area contributed by atoms with Crippen LogP contribution in [0.2, 0.25) is 0 Å². The number of amides is 2. The molecule has 0 radical (unpaired) electrons. The number of ether oxygens (including phenoxy) is 1. The van der Waals surface area contributed by atoms with Crippen LogP contribution in [-0.4, -0.2) is 30.9 Å². The molecule has 1 saturated heterocycles. The number of anilines is 2. The summed E-state index contributed by atoms with van der Waals surface area (Å²) in [5.74, 6) is -1.58. The Hall–Kier alpha value is -3.26. The van der Waals surface area contributed by atoms with Crippen LogP contribution in [0.3, 0.4) is 0 Å². The van der Waals surface area contributed by atoms with Crippen LogP contribution in [-0.2, 0) is 14.3 Å². The lowest BCUT2D eigenvalue weighted by atomic mass is 10.1. The zero-order valence-electron chi connectivity index (χ0n) is 16.2. The van der Waals surface area contributed by atoms with E-state index in [1.807, 2.05) is 0 Å². The second-order valence-corrected chi connectivity index (χ2v) is 8.01. The van der Waals surface area contributed by atoms with Gasteiger partial charge < -0.3 is 15.0 Å². The first kappa shape index (κ1) is 20.0. The number of hydrogen-bond donors (Lipinski definition) is 1. The van der Waals surface area contributed by atoms with Gasteiger partial charge in [0.05, 0.1) is 11.4 Å². The summed E-state index contributed by atoms with van der Waals surface area (Å²) in [5.41, 5.74) is 1.60. The highest BCUT2D eigenvalue weighted by Gasteiger charge is 2.24. The quantitative estimate of drug-likeness (QED) is 0.618. The van der Waals surface area contributed by atoms with Crippen molar-refractivity contribution >= 4 is 50.6 Å². The summed E-state index contributed by atoms with van der Waals surface area (Å²) in [6, 6.07) is 11.7.